The van der Waals surface area contributed by atoms with Crippen molar-refractivity contribution in [1.82, 2.24) is 0 Å². The van der Waals surface area contributed by atoms with Crippen LogP contribution in [0.25, 0.3) is 0 Å². The summed E-state index contributed by atoms with van der Waals surface area (Å²) in [6.07, 6.45) is 13.6. The lowest BCUT2D eigenvalue weighted by molar-refractivity contribution is 0.179. The lowest BCUT2D eigenvalue weighted by Gasteiger charge is -2.07. The standard InChI is InChI=1S/C15H28O2/c1-2-3-4-5-6-7-14(16)10-8-13-9-11-15(17)12-13/h8,10,13-17H,2-7,9,11-12H2,1H3/b10-8+. The highest BCUT2D eigenvalue weighted by Gasteiger charge is 2.20. The van der Waals surface area contributed by atoms with E-state index in [0.29, 0.717) is 5.92 Å². The fraction of sp³-hybridized carbons (Fsp3) is 0.867. The average Bonchev–Trinajstić information content (AvgIpc) is 2.72. The first-order valence-electron chi connectivity index (χ1n) is 7.26. The molecule has 3 unspecified atom stereocenters. The zero-order valence-corrected chi connectivity index (χ0v) is 11.1. The first-order valence-corrected chi connectivity index (χ1v) is 7.26. The van der Waals surface area contributed by atoms with Gasteiger partial charge in [-0.15, -0.1) is 0 Å². The second kappa shape index (κ2) is 8.71. The summed E-state index contributed by atoms with van der Waals surface area (Å²) in [5.74, 6) is 0.486. The van der Waals surface area contributed by atoms with Crippen LogP contribution < -0.4 is 0 Å². The molecule has 2 N–H and O–H groups in total. The molecule has 17 heavy (non-hydrogen) atoms. The van der Waals surface area contributed by atoms with E-state index in [1.54, 1.807) is 0 Å². The van der Waals surface area contributed by atoms with Crippen molar-refractivity contribution in [2.24, 2.45) is 5.92 Å². The summed E-state index contributed by atoms with van der Waals surface area (Å²) in [5.41, 5.74) is 0. The molecule has 0 radical (unpaired) electrons. The number of rotatable bonds is 8. The molecule has 2 nitrogen and oxygen atoms in total. The van der Waals surface area contributed by atoms with E-state index in [-0.39, 0.29) is 12.2 Å². The highest BCUT2D eigenvalue weighted by molar-refractivity contribution is 4.96. The van der Waals surface area contributed by atoms with Crippen LogP contribution >= 0.6 is 0 Å². The molecule has 0 aromatic carbocycles. The molecule has 0 saturated heterocycles. The minimum Gasteiger partial charge on any atom is -0.393 e. The van der Waals surface area contributed by atoms with Crippen molar-refractivity contribution < 1.29 is 10.2 Å². The molecule has 0 spiro atoms. The van der Waals surface area contributed by atoms with Crippen LogP contribution in [0.4, 0.5) is 0 Å². The fourth-order valence-corrected chi connectivity index (χ4v) is 2.51. The Kier molecular flexibility index (Phi) is 7.54. The van der Waals surface area contributed by atoms with E-state index in [0.717, 1.165) is 32.1 Å². The van der Waals surface area contributed by atoms with Crippen LogP contribution in [0, 0.1) is 5.92 Å². The van der Waals surface area contributed by atoms with Gasteiger partial charge in [0.25, 0.3) is 0 Å². The van der Waals surface area contributed by atoms with Gasteiger partial charge in [-0.05, 0) is 31.6 Å². The Labute approximate surface area is 106 Å². The number of allylic oxidation sites excluding steroid dienone is 1. The number of hydrogen-bond donors (Lipinski definition) is 2. The summed E-state index contributed by atoms with van der Waals surface area (Å²) in [6, 6.07) is 0. The van der Waals surface area contributed by atoms with Crippen LogP contribution in [0.2, 0.25) is 0 Å². The molecule has 0 bridgehead atoms. The molecule has 3 atom stereocenters. The fourth-order valence-electron chi connectivity index (χ4n) is 2.51. The van der Waals surface area contributed by atoms with Crippen LogP contribution in [-0.2, 0) is 0 Å². The van der Waals surface area contributed by atoms with Gasteiger partial charge in [0.2, 0.25) is 0 Å². The second-order valence-corrected chi connectivity index (χ2v) is 5.38. The van der Waals surface area contributed by atoms with Crippen LogP contribution in [0.3, 0.4) is 0 Å². The van der Waals surface area contributed by atoms with Gasteiger partial charge in [-0.25, -0.2) is 0 Å². The largest absolute Gasteiger partial charge is 0.393 e. The lowest BCUT2D eigenvalue weighted by Crippen LogP contribution is -2.03. The van der Waals surface area contributed by atoms with E-state index in [9.17, 15) is 10.2 Å². The number of aliphatic hydroxyl groups excluding tert-OH is 2. The summed E-state index contributed by atoms with van der Waals surface area (Å²) in [4.78, 5) is 0. The topological polar surface area (TPSA) is 40.5 Å². The molecule has 1 aliphatic carbocycles. The Morgan fingerprint density at radius 3 is 2.59 bits per heavy atom. The minimum atomic E-state index is -0.283. The molecule has 1 saturated carbocycles. The monoisotopic (exact) mass is 240 g/mol. The highest BCUT2D eigenvalue weighted by atomic mass is 16.3. The van der Waals surface area contributed by atoms with Crippen LogP contribution in [0.1, 0.15) is 64.7 Å². The summed E-state index contributed by atoms with van der Waals surface area (Å²) in [5, 5.41) is 19.2. The number of hydrogen-bond acceptors (Lipinski definition) is 2. The number of unbranched alkanes of at least 4 members (excludes halogenated alkanes) is 4. The van der Waals surface area contributed by atoms with Crippen molar-refractivity contribution in [3.05, 3.63) is 12.2 Å². The molecule has 2 heteroatoms. The molecule has 0 amide bonds. The van der Waals surface area contributed by atoms with Gasteiger partial charge in [0.15, 0.2) is 0 Å². The minimum absolute atomic E-state index is 0.115. The normalized spacial score (nSPS) is 26.8. The first-order chi connectivity index (χ1) is 8.22. The third-order valence-electron chi connectivity index (χ3n) is 3.65. The van der Waals surface area contributed by atoms with Crippen molar-refractivity contribution in [2.45, 2.75) is 76.9 Å². The maximum atomic E-state index is 9.78. The van der Waals surface area contributed by atoms with Gasteiger partial charge in [-0.2, -0.15) is 0 Å². The van der Waals surface area contributed by atoms with Crippen molar-refractivity contribution in [3.8, 4) is 0 Å². The predicted molar refractivity (Wildman–Crippen MR) is 71.9 cm³/mol. The zero-order valence-electron chi connectivity index (χ0n) is 11.1. The molecule has 0 aliphatic heterocycles. The summed E-state index contributed by atoms with van der Waals surface area (Å²) in [6.45, 7) is 2.22. The van der Waals surface area contributed by atoms with Crippen LogP contribution in [-0.4, -0.2) is 22.4 Å². The quantitative estimate of drug-likeness (QED) is 0.504. The third kappa shape index (κ3) is 6.85. The molecular formula is C15H28O2. The van der Waals surface area contributed by atoms with Gasteiger partial charge < -0.3 is 10.2 Å². The predicted octanol–water partition coefficient (Wildman–Crippen LogP) is 3.43. The van der Waals surface area contributed by atoms with Gasteiger partial charge in [0.1, 0.15) is 0 Å². The molecule has 100 valence electrons. The van der Waals surface area contributed by atoms with Gasteiger partial charge in [0, 0.05) is 0 Å². The molecule has 1 aliphatic rings. The maximum Gasteiger partial charge on any atom is 0.0721 e. The van der Waals surface area contributed by atoms with Gasteiger partial charge in [-0.3, -0.25) is 0 Å². The van der Waals surface area contributed by atoms with Crippen molar-refractivity contribution in [1.29, 1.82) is 0 Å². The molecular weight excluding hydrogens is 212 g/mol. The van der Waals surface area contributed by atoms with E-state index in [1.807, 2.05) is 6.08 Å². The van der Waals surface area contributed by atoms with Crippen LogP contribution in [0.5, 0.6) is 0 Å². The van der Waals surface area contributed by atoms with Gasteiger partial charge in [-0.1, -0.05) is 51.2 Å². The van der Waals surface area contributed by atoms with E-state index in [4.69, 9.17) is 0 Å². The average molecular weight is 240 g/mol. The maximum absolute atomic E-state index is 9.78. The van der Waals surface area contributed by atoms with Crippen LogP contribution in [0.15, 0.2) is 12.2 Å². The van der Waals surface area contributed by atoms with E-state index >= 15 is 0 Å². The van der Waals surface area contributed by atoms with Gasteiger partial charge in [0.05, 0.1) is 12.2 Å². The lowest BCUT2D eigenvalue weighted by atomic mass is 10.0. The zero-order chi connectivity index (χ0) is 12.5. The Morgan fingerprint density at radius 2 is 1.94 bits per heavy atom. The highest BCUT2D eigenvalue weighted by Crippen LogP contribution is 2.26. The smallest absolute Gasteiger partial charge is 0.0721 e. The van der Waals surface area contributed by atoms with E-state index < -0.39 is 0 Å². The molecule has 1 rings (SSSR count). The van der Waals surface area contributed by atoms with Crippen molar-refractivity contribution in [2.75, 3.05) is 0 Å². The third-order valence-corrected chi connectivity index (χ3v) is 3.65. The van der Waals surface area contributed by atoms with E-state index in [1.165, 1.54) is 25.7 Å². The van der Waals surface area contributed by atoms with Gasteiger partial charge >= 0.3 is 0 Å². The molecule has 0 heterocycles. The summed E-state index contributed by atoms with van der Waals surface area (Å²) >= 11 is 0. The Morgan fingerprint density at radius 1 is 1.18 bits per heavy atom. The Hall–Kier alpha value is -0.340. The van der Waals surface area contributed by atoms with Crippen molar-refractivity contribution in [3.63, 3.8) is 0 Å². The van der Waals surface area contributed by atoms with Crippen molar-refractivity contribution >= 4 is 0 Å². The Balaban J connectivity index is 2.03. The Bertz CT molecular complexity index is 213. The SMILES string of the molecule is CCCCCCCC(O)/C=C/C1CCC(O)C1. The summed E-state index contributed by atoms with van der Waals surface area (Å²) in [7, 11) is 0. The number of aliphatic hydroxyl groups is 2. The first kappa shape index (κ1) is 14.7. The van der Waals surface area contributed by atoms with E-state index in [2.05, 4.69) is 13.0 Å². The molecule has 1 fully saturated rings. The molecule has 0 aromatic rings. The second-order valence-electron chi connectivity index (χ2n) is 5.38. The summed E-state index contributed by atoms with van der Waals surface area (Å²) < 4.78 is 0. The molecule has 0 aromatic heterocycles.